The van der Waals surface area contributed by atoms with Crippen molar-refractivity contribution >= 4 is 28.9 Å². The fourth-order valence-electron chi connectivity index (χ4n) is 4.22. The van der Waals surface area contributed by atoms with E-state index < -0.39 is 0 Å². The largest absolute Gasteiger partial charge is 0.398 e. The molecule has 9 nitrogen and oxygen atoms in total. The number of allylic oxidation sites excluding steroid dienone is 1. The number of imidazole rings is 1. The number of anilines is 1. The van der Waals surface area contributed by atoms with Crippen molar-refractivity contribution in [2.45, 2.75) is 13.5 Å². The fraction of sp³-hybridized carbons (Fsp3) is 0.269. The van der Waals surface area contributed by atoms with Crippen LogP contribution in [0.2, 0.25) is 0 Å². The minimum absolute atomic E-state index is 0.630. The van der Waals surface area contributed by atoms with E-state index in [0.29, 0.717) is 24.7 Å². The lowest BCUT2D eigenvalue weighted by Crippen LogP contribution is -2.37. The predicted molar refractivity (Wildman–Crippen MR) is 139 cm³/mol. The average Bonchev–Trinajstić information content (AvgIpc) is 3.31. The zero-order valence-corrected chi connectivity index (χ0v) is 19.9. The van der Waals surface area contributed by atoms with E-state index in [2.05, 4.69) is 26.4 Å². The molecule has 1 aliphatic heterocycles. The second-order valence-electron chi connectivity index (χ2n) is 8.17. The van der Waals surface area contributed by atoms with Gasteiger partial charge in [0.15, 0.2) is 22.8 Å². The van der Waals surface area contributed by atoms with E-state index in [1.807, 2.05) is 36.4 Å². The highest BCUT2D eigenvalue weighted by molar-refractivity contribution is 5.89. The molecule has 1 saturated heterocycles. The van der Waals surface area contributed by atoms with Gasteiger partial charge in [-0.15, -0.1) is 0 Å². The molecule has 0 atom stereocenters. The number of aromatic nitrogens is 5. The molecule has 4 heterocycles. The summed E-state index contributed by atoms with van der Waals surface area (Å²) in [5, 5.41) is 0. The Morgan fingerprint density at radius 1 is 1.09 bits per heavy atom. The van der Waals surface area contributed by atoms with Crippen LogP contribution in [0.25, 0.3) is 39.6 Å². The van der Waals surface area contributed by atoms with Gasteiger partial charge in [-0.2, -0.15) is 0 Å². The maximum Gasteiger partial charge on any atom is 0.166 e. The Bertz CT molecular complexity index is 1390. The fourth-order valence-corrected chi connectivity index (χ4v) is 4.22. The molecule has 9 heteroatoms. The number of morpholine rings is 1. The first-order valence-corrected chi connectivity index (χ1v) is 11.7. The Kier molecular flexibility index (Phi) is 6.49. The number of pyridine rings is 1. The summed E-state index contributed by atoms with van der Waals surface area (Å²) in [6.07, 6.45) is 7.03. The summed E-state index contributed by atoms with van der Waals surface area (Å²) in [6, 6.07) is 11.9. The predicted octanol–water partition coefficient (Wildman–Crippen LogP) is 3.41. The number of nitrogens with two attached hydrogens (primary N) is 1. The van der Waals surface area contributed by atoms with Gasteiger partial charge < -0.3 is 19.9 Å². The van der Waals surface area contributed by atoms with E-state index in [0.717, 1.165) is 59.1 Å². The molecule has 5 rings (SSSR count). The molecule has 2 N–H and O–H groups in total. The first-order valence-electron chi connectivity index (χ1n) is 11.7. The lowest BCUT2D eigenvalue weighted by molar-refractivity contribution is 0.122. The molecule has 4 aromatic rings. The summed E-state index contributed by atoms with van der Waals surface area (Å²) in [5.41, 5.74) is 11.3. The van der Waals surface area contributed by atoms with E-state index in [4.69, 9.17) is 25.4 Å². The van der Waals surface area contributed by atoms with Gasteiger partial charge in [0.25, 0.3) is 0 Å². The Balaban J connectivity index is 1.71. The molecule has 0 unspecified atom stereocenters. The van der Waals surface area contributed by atoms with Crippen LogP contribution in [0.3, 0.4) is 0 Å². The van der Waals surface area contributed by atoms with Crippen LogP contribution in [0, 0.1) is 0 Å². The molecule has 0 aliphatic carbocycles. The first kappa shape index (κ1) is 22.7. The zero-order valence-electron chi connectivity index (χ0n) is 19.9. The molecular weight excluding hydrogens is 440 g/mol. The molecule has 0 spiro atoms. The Labute approximate surface area is 204 Å². The van der Waals surface area contributed by atoms with Crippen molar-refractivity contribution in [2.75, 3.05) is 38.3 Å². The lowest BCUT2D eigenvalue weighted by atomic mass is 10.1. The summed E-state index contributed by atoms with van der Waals surface area (Å²) in [7, 11) is 1.72. The highest BCUT2D eigenvalue weighted by atomic mass is 16.5. The number of ether oxygens (including phenoxy) is 1. The van der Waals surface area contributed by atoms with Crippen molar-refractivity contribution < 1.29 is 4.74 Å². The third kappa shape index (κ3) is 4.50. The van der Waals surface area contributed by atoms with E-state index in [1.165, 1.54) is 0 Å². The van der Waals surface area contributed by atoms with Crippen LogP contribution in [0.4, 0.5) is 5.82 Å². The van der Waals surface area contributed by atoms with Crippen molar-refractivity contribution in [1.82, 2.24) is 24.5 Å². The molecule has 178 valence electrons. The summed E-state index contributed by atoms with van der Waals surface area (Å²) >= 11 is 0. The van der Waals surface area contributed by atoms with Crippen LogP contribution in [-0.4, -0.2) is 64.1 Å². The summed E-state index contributed by atoms with van der Waals surface area (Å²) in [5.74, 6) is 2.31. The lowest BCUT2D eigenvalue weighted by Gasteiger charge is -2.28. The van der Waals surface area contributed by atoms with E-state index >= 15 is 0 Å². The van der Waals surface area contributed by atoms with Crippen LogP contribution in [0.15, 0.2) is 59.9 Å². The van der Waals surface area contributed by atoms with E-state index in [9.17, 15) is 0 Å². The molecular formula is C26H28N8O. The molecule has 0 bridgehead atoms. The van der Waals surface area contributed by atoms with Crippen molar-refractivity contribution in [3.63, 3.8) is 0 Å². The van der Waals surface area contributed by atoms with Gasteiger partial charge in [-0.1, -0.05) is 18.2 Å². The quantitative estimate of drug-likeness (QED) is 0.432. The zero-order chi connectivity index (χ0) is 24.2. The second kappa shape index (κ2) is 10.0. The van der Waals surface area contributed by atoms with Gasteiger partial charge in [0.05, 0.1) is 13.2 Å². The monoisotopic (exact) mass is 468 g/mol. The molecule has 0 saturated carbocycles. The number of nitrogens with zero attached hydrogens (tertiary/aromatic N) is 7. The van der Waals surface area contributed by atoms with E-state index in [1.54, 1.807) is 31.7 Å². The summed E-state index contributed by atoms with van der Waals surface area (Å²) in [6.45, 7) is 5.63. The minimum Gasteiger partial charge on any atom is -0.398 e. The molecule has 0 amide bonds. The Morgan fingerprint density at radius 2 is 1.89 bits per heavy atom. The van der Waals surface area contributed by atoms with Gasteiger partial charge in [0, 0.05) is 62.1 Å². The van der Waals surface area contributed by atoms with Crippen molar-refractivity contribution in [1.29, 1.82) is 0 Å². The first-order chi connectivity index (χ1) is 17.2. The smallest absolute Gasteiger partial charge is 0.166 e. The average molecular weight is 469 g/mol. The topological polar surface area (TPSA) is 107 Å². The number of hydrogen-bond donors (Lipinski definition) is 1. The van der Waals surface area contributed by atoms with Gasteiger partial charge in [0.1, 0.15) is 5.82 Å². The van der Waals surface area contributed by atoms with Crippen molar-refractivity contribution in [3.05, 3.63) is 60.4 Å². The number of aryl methyl sites for hydroxylation is 1. The Hall–Kier alpha value is -4.11. The second-order valence-corrected chi connectivity index (χ2v) is 8.17. The molecule has 1 fully saturated rings. The highest BCUT2D eigenvalue weighted by Crippen LogP contribution is 2.32. The van der Waals surface area contributed by atoms with Crippen molar-refractivity contribution in [3.8, 4) is 22.8 Å². The third-order valence-electron chi connectivity index (χ3n) is 6.00. The van der Waals surface area contributed by atoms with Crippen LogP contribution < -0.4 is 10.6 Å². The molecule has 1 aliphatic rings. The van der Waals surface area contributed by atoms with Gasteiger partial charge in [0.2, 0.25) is 0 Å². The maximum atomic E-state index is 6.27. The number of rotatable bonds is 6. The number of hydrogen-bond acceptors (Lipinski definition) is 8. The van der Waals surface area contributed by atoms with Gasteiger partial charge in [-0.05, 0) is 36.8 Å². The SMILES string of the molecule is CCn1c(-c2ccncc2)nc2c(N3CCOCC3)nc(-c3cccc(/C(N)=C/C=NC)c3)nc21. The number of aliphatic imine (C=N–C) groups is 1. The van der Waals surface area contributed by atoms with Crippen LogP contribution in [-0.2, 0) is 11.3 Å². The minimum atomic E-state index is 0.630. The number of fused-ring (bicyclic) bond motifs is 1. The molecule has 35 heavy (non-hydrogen) atoms. The Morgan fingerprint density at radius 3 is 2.63 bits per heavy atom. The van der Waals surface area contributed by atoms with Crippen LogP contribution >= 0.6 is 0 Å². The van der Waals surface area contributed by atoms with Gasteiger partial charge in [-0.25, -0.2) is 15.0 Å². The molecule has 0 radical (unpaired) electrons. The third-order valence-corrected chi connectivity index (χ3v) is 6.00. The van der Waals surface area contributed by atoms with Crippen molar-refractivity contribution in [2.24, 2.45) is 10.7 Å². The van der Waals surface area contributed by atoms with Gasteiger partial charge >= 0.3 is 0 Å². The van der Waals surface area contributed by atoms with Crippen LogP contribution in [0.1, 0.15) is 12.5 Å². The van der Waals surface area contributed by atoms with Crippen LogP contribution in [0.5, 0.6) is 0 Å². The standard InChI is InChI=1S/C26H28N8O/c1-3-34-24(18-7-11-29-12-8-18)30-22-25(33-13-15-35-16-14-33)31-23(32-26(22)34)20-6-4-5-19(17-20)21(27)9-10-28-2/h4-12,17H,3,13-16,27H2,1-2H3/b21-9-,28-10?. The summed E-state index contributed by atoms with van der Waals surface area (Å²) in [4.78, 5) is 25.4. The maximum absolute atomic E-state index is 6.27. The summed E-state index contributed by atoms with van der Waals surface area (Å²) < 4.78 is 7.73. The number of benzene rings is 1. The highest BCUT2D eigenvalue weighted by Gasteiger charge is 2.23. The molecule has 3 aromatic heterocycles. The molecule has 1 aromatic carbocycles. The van der Waals surface area contributed by atoms with Gasteiger partial charge in [-0.3, -0.25) is 9.98 Å². The normalized spacial score (nSPS) is 14.8. The van der Waals surface area contributed by atoms with E-state index in [-0.39, 0.29) is 0 Å².